The van der Waals surface area contributed by atoms with Crippen LogP contribution in [0.25, 0.3) is 10.9 Å². The first-order valence-corrected chi connectivity index (χ1v) is 7.11. The van der Waals surface area contributed by atoms with Gasteiger partial charge in [-0.2, -0.15) is 0 Å². The number of benzene rings is 1. The highest BCUT2D eigenvalue weighted by molar-refractivity contribution is 7.12. The van der Waals surface area contributed by atoms with Gasteiger partial charge in [0.1, 0.15) is 0 Å². The van der Waals surface area contributed by atoms with E-state index in [0.717, 1.165) is 16.6 Å². The van der Waals surface area contributed by atoms with Crippen LogP contribution < -0.4 is 0 Å². The molecule has 0 saturated carbocycles. The fourth-order valence-electron chi connectivity index (χ4n) is 2.03. The lowest BCUT2D eigenvalue weighted by Gasteiger charge is -1.97. The number of nitrogens with zero attached hydrogens (tertiary/aromatic N) is 1. The van der Waals surface area contributed by atoms with E-state index in [1.54, 1.807) is 6.20 Å². The Balaban J connectivity index is 2.03. The molecule has 2 heterocycles. The minimum Gasteiger partial charge on any atom is -0.360 e. The van der Waals surface area contributed by atoms with Crippen LogP contribution in [0.1, 0.15) is 40.8 Å². The summed E-state index contributed by atoms with van der Waals surface area (Å²) in [5, 5.41) is 3.48. The molecular formula is C15H14N2OS. The van der Waals surface area contributed by atoms with E-state index in [0.29, 0.717) is 16.5 Å². The van der Waals surface area contributed by atoms with Crippen LogP contribution in [0.4, 0.5) is 0 Å². The molecule has 0 atom stereocenters. The predicted octanol–water partition coefficient (Wildman–Crippen LogP) is 3.98. The molecule has 96 valence electrons. The number of carbonyl (C=O) groups excluding carboxylic acids is 1. The van der Waals surface area contributed by atoms with E-state index < -0.39 is 0 Å². The van der Waals surface area contributed by atoms with Crippen molar-refractivity contribution in [2.45, 2.75) is 19.8 Å². The SMILES string of the molecule is CC(C)c1csc(C(=O)c2c[nH]c3ccccc23)n1. The Bertz CT molecular complexity index is 739. The lowest BCUT2D eigenvalue weighted by atomic mass is 10.1. The number of thiazole rings is 1. The van der Waals surface area contributed by atoms with Crippen molar-refractivity contribution >= 4 is 28.0 Å². The van der Waals surface area contributed by atoms with E-state index in [-0.39, 0.29) is 5.78 Å². The van der Waals surface area contributed by atoms with Crippen LogP contribution >= 0.6 is 11.3 Å². The quantitative estimate of drug-likeness (QED) is 0.732. The van der Waals surface area contributed by atoms with E-state index in [9.17, 15) is 4.79 Å². The van der Waals surface area contributed by atoms with Crippen molar-refractivity contribution < 1.29 is 4.79 Å². The van der Waals surface area contributed by atoms with E-state index in [1.807, 2.05) is 29.6 Å². The second-order valence-corrected chi connectivity index (χ2v) is 5.67. The van der Waals surface area contributed by atoms with Crippen LogP contribution in [0.15, 0.2) is 35.8 Å². The van der Waals surface area contributed by atoms with Crippen LogP contribution in [0.2, 0.25) is 0 Å². The smallest absolute Gasteiger partial charge is 0.223 e. The number of H-pyrrole nitrogens is 1. The predicted molar refractivity (Wildman–Crippen MR) is 77.9 cm³/mol. The Morgan fingerprint density at radius 3 is 2.84 bits per heavy atom. The molecule has 0 aliphatic heterocycles. The monoisotopic (exact) mass is 270 g/mol. The average molecular weight is 270 g/mol. The number of fused-ring (bicyclic) bond motifs is 1. The lowest BCUT2D eigenvalue weighted by Crippen LogP contribution is -2.00. The van der Waals surface area contributed by atoms with Crippen molar-refractivity contribution in [1.29, 1.82) is 0 Å². The normalized spacial score (nSPS) is 11.3. The Morgan fingerprint density at radius 2 is 2.11 bits per heavy atom. The van der Waals surface area contributed by atoms with Gasteiger partial charge in [0.25, 0.3) is 0 Å². The molecule has 2 aromatic heterocycles. The van der Waals surface area contributed by atoms with Gasteiger partial charge in [-0.15, -0.1) is 11.3 Å². The van der Waals surface area contributed by atoms with Crippen LogP contribution in [0.5, 0.6) is 0 Å². The van der Waals surface area contributed by atoms with Gasteiger partial charge in [0, 0.05) is 22.5 Å². The van der Waals surface area contributed by atoms with Gasteiger partial charge in [0.05, 0.1) is 11.3 Å². The third-order valence-corrected chi connectivity index (χ3v) is 4.00. The van der Waals surface area contributed by atoms with Crippen LogP contribution in [0.3, 0.4) is 0 Å². The molecule has 0 radical (unpaired) electrons. The van der Waals surface area contributed by atoms with Gasteiger partial charge in [-0.1, -0.05) is 32.0 Å². The second-order valence-electron chi connectivity index (χ2n) is 4.81. The number of para-hydroxylation sites is 1. The molecule has 0 aliphatic carbocycles. The number of ketones is 1. The summed E-state index contributed by atoms with van der Waals surface area (Å²) in [6.45, 7) is 4.16. The summed E-state index contributed by atoms with van der Waals surface area (Å²) in [6, 6.07) is 7.81. The maximum Gasteiger partial charge on any atom is 0.223 e. The molecule has 0 saturated heterocycles. The van der Waals surface area contributed by atoms with Gasteiger partial charge < -0.3 is 4.98 Å². The summed E-state index contributed by atoms with van der Waals surface area (Å²) >= 11 is 1.42. The number of rotatable bonds is 3. The molecule has 0 aliphatic rings. The topological polar surface area (TPSA) is 45.8 Å². The Kier molecular flexibility index (Phi) is 2.95. The number of hydrogen-bond donors (Lipinski definition) is 1. The average Bonchev–Trinajstić information content (AvgIpc) is 3.05. The Labute approximate surface area is 115 Å². The van der Waals surface area contributed by atoms with E-state index >= 15 is 0 Å². The minimum absolute atomic E-state index is 0.00523. The molecule has 4 heteroatoms. The Morgan fingerprint density at radius 1 is 1.32 bits per heavy atom. The summed E-state index contributed by atoms with van der Waals surface area (Å²) < 4.78 is 0. The second kappa shape index (κ2) is 4.63. The highest BCUT2D eigenvalue weighted by atomic mass is 32.1. The summed E-state index contributed by atoms with van der Waals surface area (Å²) in [5.74, 6) is 0.343. The van der Waals surface area contributed by atoms with E-state index in [4.69, 9.17) is 0 Å². The van der Waals surface area contributed by atoms with Gasteiger partial charge in [0.15, 0.2) is 5.01 Å². The largest absolute Gasteiger partial charge is 0.360 e. The third-order valence-electron chi connectivity index (χ3n) is 3.14. The van der Waals surface area contributed by atoms with Crippen molar-refractivity contribution in [2.75, 3.05) is 0 Å². The summed E-state index contributed by atoms with van der Waals surface area (Å²) in [5.41, 5.74) is 2.65. The van der Waals surface area contributed by atoms with Crippen molar-refractivity contribution in [3.63, 3.8) is 0 Å². The zero-order chi connectivity index (χ0) is 13.4. The molecule has 0 fully saturated rings. The number of hydrogen-bond acceptors (Lipinski definition) is 3. The fourth-order valence-corrected chi connectivity index (χ4v) is 2.96. The number of aromatic amines is 1. The van der Waals surface area contributed by atoms with Crippen molar-refractivity contribution in [3.8, 4) is 0 Å². The molecule has 1 aromatic carbocycles. The van der Waals surface area contributed by atoms with Crippen LogP contribution in [0, 0.1) is 0 Å². The fraction of sp³-hybridized carbons (Fsp3) is 0.200. The highest BCUT2D eigenvalue weighted by Crippen LogP contribution is 2.24. The number of nitrogens with one attached hydrogen (secondary N) is 1. The van der Waals surface area contributed by atoms with Gasteiger partial charge in [-0.05, 0) is 12.0 Å². The van der Waals surface area contributed by atoms with Gasteiger partial charge in [-0.3, -0.25) is 4.79 Å². The first-order chi connectivity index (χ1) is 9.16. The van der Waals surface area contributed by atoms with Crippen molar-refractivity contribution in [1.82, 2.24) is 9.97 Å². The number of carbonyl (C=O) groups is 1. The third kappa shape index (κ3) is 2.08. The molecule has 0 unspecified atom stereocenters. The first-order valence-electron chi connectivity index (χ1n) is 6.23. The maximum atomic E-state index is 12.5. The lowest BCUT2D eigenvalue weighted by molar-refractivity contribution is 0.104. The molecule has 3 rings (SSSR count). The van der Waals surface area contributed by atoms with Crippen LogP contribution in [-0.2, 0) is 0 Å². The van der Waals surface area contributed by atoms with E-state index in [1.165, 1.54) is 11.3 Å². The molecule has 0 spiro atoms. The number of aromatic nitrogens is 2. The van der Waals surface area contributed by atoms with Gasteiger partial charge >= 0.3 is 0 Å². The molecule has 3 aromatic rings. The van der Waals surface area contributed by atoms with Crippen molar-refractivity contribution in [2.24, 2.45) is 0 Å². The summed E-state index contributed by atoms with van der Waals surface area (Å²) in [6.07, 6.45) is 1.77. The van der Waals surface area contributed by atoms with Gasteiger partial charge in [0.2, 0.25) is 5.78 Å². The zero-order valence-electron chi connectivity index (χ0n) is 10.8. The molecule has 0 bridgehead atoms. The molecule has 3 nitrogen and oxygen atoms in total. The molecule has 1 N–H and O–H groups in total. The highest BCUT2D eigenvalue weighted by Gasteiger charge is 2.18. The van der Waals surface area contributed by atoms with Crippen molar-refractivity contribution in [3.05, 3.63) is 52.1 Å². The zero-order valence-corrected chi connectivity index (χ0v) is 11.6. The molecule has 0 amide bonds. The summed E-state index contributed by atoms with van der Waals surface area (Å²) in [4.78, 5) is 20.0. The maximum absolute atomic E-state index is 12.5. The minimum atomic E-state index is -0.00523. The van der Waals surface area contributed by atoms with Crippen LogP contribution in [-0.4, -0.2) is 15.8 Å². The summed E-state index contributed by atoms with van der Waals surface area (Å²) in [7, 11) is 0. The first kappa shape index (κ1) is 12.1. The van der Waals surface area contributed by atoms with Gasteiger partial charge in [-0.25, -0.2) is 4.98 Å². The molecule has 19 heavy (non-hydrogen) atoms. The Hall–Kier alpha value is -1.94. The van der Waals surface area contributed by atoms with E-state index in [2.05, 4.69) is 23.8 Å². The standard InChI is InChI=1S/C15H14N2OS/c1-9(2)13-8-19-15(17-13)14(18)11-7-16-12-6-4-3-5-10(11)12/h3-9,16H,1-2H3. The molecular weight excluding hydrogens is 256 g/mol.